The Balaban J connectivity index is 2.31. The predicted octanol–water partition coefficient (Wildman–Crippen LogP) is 1.10. The van der Waals surface area contributed by atoms with Crippen LogP contribution in [0.5, 0.6) is 0 Å². The summed E-state index contributed by atoms with van der Waals surface area (Å²) in [5.41, 5.74) is 0.695. The predicted molar refractivity (Wildman–Crippen MR) is 72.0 cm³/mol. The Bertz CT molecular complexity index is 426. The maximum absolute atomic E-state index is 13.6. The SMILES string of the molecule is COC(=O)c1ccc(CNCCCOCCO)cc1F. The van der Waals surface area contributed by atoms with E-state index in [2.05, 4.69) is 10.1 Å². The molecule has 0 atom stereocenters. The van der Waals surface area contributed by atoms with E-state index in [4.69, 9.17) is 9.84 Å². The molecule has 0 bridgehead atoms. The molecule has 0 unspecified atom stereocenters. The quantitative estimate of drug-likeness (QED) is 0.525. The van der Waals surface area contributed by atoms with E-state index in [9.17, 15) is 9.18 Å². The van der Waals surface area contributed by atoms with Gasteiger partial charge in [-0.05, 0) is 30.7 Å². The summed E-state index contributed by atoms with van der Waals surface area (Å²) in [6.45, 7) is 2.19. The Kier molecular flexibility index (Phi) is 7.79. The molecular formula is C14H20FNO4. The van der Waals surface area contributed by atoms with Gasteiger partial charge in [-0.25, -0.2) is 9.18 Å². The van der Waals surface area contributed by atoms with E-state index in [0.717, 1.165) is 18.5 Å². The lowest BCUT2D eigenvalue weighted by atomic mass is 10.1. The fraction of sp³-hybridized carbons (Fsp3) is 0.500. The standard InChI is InChI=1S/C14H20FNO4/c1-19-14(18)12-4-3-11(9-13(12)15)10-16-5-2-7-20-8-6-17/h3-4,9,16-17H,2,5-8,10H2,1H3. The first-order chi connectivity index (χ1) is 9.69. The summed E-state index contributed by atoms with van der Waals surface area (Å²) in [4.78, 5) is 11.2. The summed E-state index contributed by atoms with van der Waals surface area (Å²) in [6, 6.07) is 4.43. The second kappa shape index (κ2) is 9.41. The number of methoxy groups -OCH3 is 1. The van der Waals surface area contributed by atoms with Crippen molar-refractivity contribution >= 4 is 5.97 Å². The Morgan fingerprint density at radius 2 is 2.20 bits per heavy atom. The van der Waals surface area contributed by atoms with Crippen LogP contribution in [0, 0.1) is 5.82 Å². The minimum atomic E-state index is -0.678. The summed E-state index contributed by atoms with van der Waals surface area (Å²) < 4.78 is 23.2. The highest BCUT2D eigenvalue weighted by Gasteiger charge is 2.11. The number of rotatable bonds is 9. The van der Waals surface area contributed by atoms with Crippen LogP contribution in [0.15, 0.2) is 18.2 Å². The fourth-order valence-electron chi connectivity index (χ4n) is 1.64. The third-order valence-corrected chi connectivity index (χ3v) is 2.65. The number of ether oxygens (including phenoxy) is 2. The molecule has 20 heavy (non-hydrogen) atoms. The van der Waals surface area contributed by atoms with Crippen molar-refractivity contribution in [3.63, 3.8) is 0 Å². The lowest BCUT2D eigenvalue weighted by Gasteiger charge is -2.07. The number of aliphatic hydroxyl groups excluding tert-OH is 1. The van der Waals surface area contributed by atoms with Crippen LogP contribution in [-0.2, 0) is 16.0 Å². The molecule has 0 fully saturated rings. The van der Waals surface area contributed by atoms with Gasteiger partial charge in [0.25, 0.3) is 0 Å². The van der Waals surface area contributed by atoms with Gasteiger partial charge in [0.05, 0.1) is 25.9 Å². The van der Waals surface area contributed by atoms with E-state index in [1.165, 1.54) is 19.2 Å². The molecule has 0 radical (unpaired) electrons. The minimum absolute atomic E-state index is 0.0270. The van der Waals surface area contributed by atoms with Gasteiger partial charge in [-0.15, -0.1) is 0 Å². The zero-order valence-electron chi connectivity index (χ0n) is 11.5. The summed E-state index contributed by atoms with van der Waals surface area (Å²) in [5, 5.41) is 11.7. The van der Waals surface area contributed by atoms with Crippen molar-refractivity contribution in [2.24, 2.45) is 0 Å². The van der Waals surface area contributed by atoms with Crippen molar-refractivity contribution in [1.29, 1.82) is 0 Å². The van der Waals surface area contributed by atoms with Gasteiger partial charge in [0, 0.05) is 13.2 Å². The number of carbonyl (C=O) groups is 1. The zero-order chi connectivity index (χ0) is 14.8. The first-order valence-corrected chi connectivity index (χ1v) is 6.45. The molecule has 1 aromatic carbocycles. The van der Waals surface area contributed by atoms with Crippen molar-refractivity contribution in [3.05, 3.63) is 35.1 Å². The molecule has 5 nitrogen and oxygen atoms in total. The highest BCUT2D eigenvalue weighted by Crippen LogP contribution is 2.11. The van der Waals surface area contributed by atoms with Crippen molar-refractivity contribution in [1.82, 2.24) is 5.32 Å². The van der Waals surface area contributed by atoms with Crippen LogP contribution in [0.25, 0.3) is 0 Å². The molecular weight excluding hydrogens is 265 g/mol. The van der Waals surface area contributed by atoms with Crippen LogP contribution in [0.2, 0.25) is 0 Å². The molecule has 0 aliphatic heterocycles. The first-order valence-electron chi connectivity index (χ1n) is 6.45. The zero-order valence-corrected chi connectivity index (χ0v) is 11.5. The van der Waals surface area contributed by atoms with E-state index in [0.29, 0.717) is 19.8 Å². The fourth-order valence-corrected chi connectivity index (χ4v) is 1.64. The van der Waals surface area contributed by atoms with Crippen molar-refractivity contribution in [2.45, 2.75) is 13.0 Å². The minimum Gasteiger partial charge on any atom is -0.465 e. The number of halogens is 1. The molecule has 0 saturated carbocycles. The lowest BCUT2D eigenvalue weighted by Crippen LogP contribution is -2.17. The smallest absolute Gasteiger partial charge is 0.340 e. The van der Waals surface area contributed by atoms with E-state index < -0.39 is 11.8 Å². The summed E-state index contributed by atoms with van der Waals surface area (Å²) in [6.07, 6.45) is 0.808. The van der Waals surface area contributed by atoms with E-state index in [-0.39, 0.29) is 12.2 Å². The average Bonchev–Trinajstić information content (AvgIpc) is 2.45. The van der Waals surface area contributed by atoms with Crippen LogP contribution < -0.4 is 5.32 Å². The molecule has 0 aromatic heterocycles. The largest absolute Gasteiger partial charge is 0.465 e. The Morgan fingerprint density at radius 3 is 2.85 bits per heavy atom. The number of esters is 1. The topological polar surface area (TPSA) is 67.8 Å². The number of benzene rings is 1. The Hall–Kier alpha value is -1.50. The van der Waals surface area contributed by atoms with Crippen molar-refractivity contribution in [3.8, 4) is 0 Å². The average molecular weight is 285 g/mol. The molecule has 0 amide bonds. The third kappa shape index (κ3) is 5.64. The first kappa shape index (κ1) is 16.6. The summed E-state index contributed by atoms with van der Waals surface area (Å²) >= 11 is 0. The van der Waals surface area contributed by atoms with Crippen LogP contribution >= 0.6 is 0 Å². The van der Waals surface area contributed by atoms with E-state index in [1.807, 2.05) is 0 Å². The number of aliphatic hydroxyl groups is 1. The molecule has 0 spiro atoms. The number of nitrogens with one attached hydrogen (secondary N) is 1. The Labute approximate surface area is 117 Å². The molecule has 1 rings (SSSR count). The van der Waals surface area contributed by atoms with Crippen LogP contribution in [0.1, 0.15) is 22.3 Å². The van der Waals surface area contributed by atoms with Crippen LogP contribution in [0.4, 0.5) is 4.39 Å². The summed E-state index contributed by atoms with van der Waals surface area (Å²) in [5.74, 6) is -1.26. The van der Waals surface area contributed by atoms with Crippen LogP contribution in [0.3, 0.4) is 0 Å². The van der Waals surface area contributed by atoms with Gasteiger partial charge in [0.15, 0.2) is 0 Å². The maximum Gasteiger partial charge on any atom is 0.340 e. The third-order valence-electron chi connectivity index (χ3n) is 2.65. The molecule has 0 saturated heterocycles. The molecule has 0 aliphatic carbocycles. The monoisotopic (exact) mass is 285 g/mol. The van der Waals surface area contributed by atoms with Gasteiger partial charge in [-0.2, -0.15) is 0 Å². The number of hydrogen-bond acceptors (Lipinski definition) is 5. The van der Waals surface area contributed by atoms with Crippen LogP contribution in [-0.4, -0.2) is 44.6 Å². The van der Waals surface area contributed by atoms with Crippen molar-refractivity contribution in [2.75, 3.05) is 33.5 Å². The lowest BCUT2D eigenvalue weighted by molar-refractivity contribution is 0.0595. The molecule has 2 N–H and O–H groups in total. The molecule has 0 aliphatic rings. The molecule has 112 valence electrons. The van der Waals surface area contributed by atoms with Gasteiger partial charge < -0.3 is 19.9 Å². The van der Waals surface area contributed by atoms with E-state index in [1.54, 1.807) is 6.07 Å². The van der Waals surface area contributed by atoms with Gasteiger partial charge in [0.2, 0.25) is 0 Å². The second-order valence-electron chi connectivity index (χ2n) is 4.17. The van der Waals surface area contributed by atoms with Gasteiger partial charge in [0.1, 0.15) is 5.82 Å². The molecule has 6 heteroatoms. The van der Waals surface area contributed by atoms with Gasteiger partial charge in [-0.1, -0.05) is 6.07 Å². The number of hydrogen-bond donors (Lipinski definition) is 2. The van der Waals surface area contributed by atoms with Gasteiger partial charge in [-0.3, -0.25) is 0 Å². The Morgan fingerprint density at radius 1 is 1.40 bits per heavy atom. The van der Waals surface area contributed by atoms with Gasteiger partial charge >= 0.3 is 5.97 Å². The van der Waals surface area contributed by atoms with Crippen molar-refractivity contribution < 1.29 is 23.8 Å². The highest BCUT2D eigenvalue weighted by atomic mass is 19.1. The van der Waals surface area contributed by atoms with E-state index >= 15 is 0 Å². The number of carbonyl (C=O) groups excluding carboxylic acids is 1. The second-order valence-corrected chi connectivity index (χ2v) is 4.17. The molecule has 0 heterocycles. The normalized spacial score (nSPS) is 10.6. The summed E-state index contributed by atoms with van der Waals surface area (Å²) in [7, 11) is 1.22. The molecule has 1 aromatic rings. The highest BCUT2D eigenvalue weighted by molar-refractivity contribution is 5.89. The maximum atomic E-state index is 13.6.